The van der Waals surface area contributed by atoms with Crippen molar-refractivity contribution in [1.82, 2.24) is 15.0 Å². The van der Waals surface area contributed by atoms with Crippen molar-refractivity contribution in [2.75, 3.05) is 44.7 Å². The van der Waals surface area contributed by atoms with Crippen molar-refractivity contribution in [1.29, 1.82) is 0 Å². The van der Waals surface area contributed by atoms with Gasteiger partial charge < -0.3 is 19.3 Å². The third-order valence-electron chi connectivity index (χ3n) is 3.41. The Morgan fingerprint density at radius 1 is 1.04 bits per heavy atom. The second-order valence-electron chi connectivity index (χ2n) is 5.28. The number of anilines is 3. The number of aryl methyl sites for hydroxylation is 1. The summed E-state index contributed by atoms with van der Waals surface area (Å²) in [6, 6.07) is 3.73. The summed E-state index contributed by atoms with van der Waals surface area (Å²) in [4.78, 5) is 17.2. The molecule has 8 heteroatoms. The number of ether oxygens (including phenoxy) is 2. The Kier molecular flexibility index (Phi) is 5.82. The Morgan fingerprint density at radius 3 is 2.25 bits per heavy atom. The standard InChI is InChI=1S/C16H22BrN5O2/c1-7-22(16-19-10(2)18-15(20-16)21(3)4)14-12(17)8-11(23-5)9-13(14)24-6/h8-9H,7H2,1-6H3. The Morgan fingerprint density at radius 2 is 1.71 bits per heavy atom. The lowest BCUT2D eigenvalue weighted by Gasteiger charge is -2.25. The van der Waals surface area contributed by atoms with Crippen LogP contribution in [0.3, 0.4) is 0 Å². The number of halogens is 1. The molecular formula is C16H22BrN5O2. The summed E-state index contributed by atoms with van der Waals surface area (Å²) in [5.41, 5.74) is 0.844. The van der Waals surface area contributed by atoms with E-state index < -0.39 is 0 Å². The van der Waals surface area contributed by atoms with Crippen LogP contribution in [0.1, 0.15) is 12.7 Å². The molecule has 130 valence electrons. The van der Waals surface area contributed by atoms with E-state index in [0.717, 1.165) is 10.2 Å². The first-order valence-electron chi connectivity index (χ1n) is 7.50. The number of benzene rings is 1. The maximum absolute atomic E-state index is 5.55. The van der Waals surface area contributed by atoms with Crippen LogP contribution in [-0.2, 0) is 0 Å². The Labute approximate surface area is 150 Å². The Hall–Kier alpha value is -2.09. The minimum absolute atomic E-state index is 0.567. The maximum atomic E-state index is 5.55. The monoisotopic (exact) mass is 395 g/mol. The highest BCUT2D eigenvalue weighted by Crippen LogP contribution is 2.42. The van der Waals surface area contributed by atoms with Crippen LogP contribution in [0.5, 0.6) is 11.5 Å². The average molecular weight is 396 g/mol. The van der Waals surface area contributed by atoms with Crippen LogP contribution >= 0.6 is 15.9 Å². The summed E-state index contributed by atoms with van der Waals surface area (Å²) in [5.74, 6) is 3.22. The zero-order chi connectivity index (χ0) is 17.9. The lowest BCUT2D eigenvalue weighted by atomic mass is 10.2. The molecule has 2 aromatic rings. The van der Waals surface area contributed by atoms with Crippen molar-refractivity contribution in [3.8, 4) is 11.5 Å². The molecule has 0 N–H and O–H groups in total. The number of hydrogen-bond donors (Lipinski definition) is 0. The largest absolute Gasteiger partial charge is 0.497 e. The number of methoxy groups -OCH3 is 2. The molecule has 0 fully saturated rings. The van der Waals surface area contributed by atoms with E-state index in [9.17, 15) is 0 Å². The van der Waals surface area contributed by atoms with Crippen molar-refractivity contribution < 1.29 is 9.47 Å². The van der Waals surface area contributed by atoms with Gasteiger partial charge in [0.25, 0.3) is 0 Å². The van der Waals surface area contributed by atoms with E-state index in [-0.39, 0.29) is 0 Å². The summed E-state index contributed by atoms with van der Waals surface area (Å²) in [6.07, 6.45) is 0. The van der Waals surface area contributed by atoms with E-state index in [1.807, 2.05) is 49.9 Å². The minimum atomic E-state index is 0.567. The average Bonchev–Trinajstić information content (AvgIpc) is 2.55. The SMILES string of the molecule is CCN(c1nc(C)nc(N(C)C)n1)c1c(Br)cc(OC)cc1OC. The van der Waals surface area contributed by atoms with Crippen molar-refractivity contribution >= 4 is 33.5 Å². The third-order valence-corrected chi connectivity index (χ3v) is 4.01. The lowest BCUT2D eigenvalue weighted by molar-refractivity contribution is 0.394. The van der Waals surface area contributed by atoms with E-state index >= 15 is 0 Å². The molecule has 0 atom stereocenters. The Balaban J connectivity index is 2.61. The van der Waals surface area contributed by atoms with Gasteiger partial charge in [-0.25, -0.2) is 0 Å². The fourth-order valence-corrected chi connectivity index (χ4v) is 2.89. The number of aromatic nitrogens is 3. The van der Waals surface area contributed by atoms with E-state index in [2.05, 4.69) is 30.9 Å². The zero-order valence-corrected chi connectivity index (χ0v) is 16.4. The van der Waals surface area contributed by atoms with Gasteiger partial charge in [0.1, 0.15) is 23.0 Å². The fraction of sp³-hybridized carbons (Fsp3) is 0.438. The fourth-order valence-electron chi connectivity index (χ4n) is 2.26. The highest BCUT2D eigenvalue weighted by Gasteiger charge is 2.21. The van der Waals surface area contributed by atoms with E-state index in [0.29, 0.717) is 35.8 Å². The van der Waals surface area contributed by atoms with Gasteiger partial charge in [-0.2, -0.15) is 15.0 Å². The van der Waals surface area contributed by atoms with Crippen LogP contribution in [0.2, 0.25) is 0 Å². The number of rotatable bonds is 6. The van der Waals surface area contributed by atoms with Gasteiger partial charge in [0.2, 0.25) is 11.9 Å². The molecule has 7 nitrogen and oxygen atoms in total. The summed E-state index contributed by atoms with van der Waals surface area (Å²) in [6.45, 7) is 4.55. The molecule has 0 saturated carbocycles. The third kappa shape index (κ3) is 3.69. The van der Waals surface area contributed by atoms with Gasteiger partial charge in [-0.1, -0.05) is 0 Å². The molecule has 0 aliphatic rings. The molecule has 0 bridgehead atoms. The van der Waals surface area contributed by atoms with Gasteiger partial charge in [0, 0.05) is 31.2 Å². The van der Waals surface area contributed by atoms with Gasteiger partial charge >= 0.3 is 0 Å². The quantitative estimate of drug-likeness (QED) is 0.743. The molecule has 1 aromatic heterocycles. The van der Waals surface area contributed by atoms with Crippen LogP contribution in [-0.4, -0.2) is 49.8 Å². The topological polar surface area (TPSA) is 63.6 Å². The molecule has 1 aromatic carbocycles. The van der Waals surface area contributed by atoms with Crippen LogP contribution in [0.4, 0.5) is 17.6 Å². The van der Waals surface area contributed by atoms with Crippen LogP contribution in [0, 0.1) is 6.92 Å². The van der Waals surface area contributed by atoms with Crippen LogP contribution in [0.15, 0.2) is 16.6 Å². The molecular weight excluding hydrogens is 374 g/mol. The first kappa shape index (κ1) is 18.3. The van der Waals surface area contributed by atoms with Crippen molar-refractivity contribution in [2.24, 2.45) is 0 Å². The van der Waals surface area contributed by atoms with Crippen LogP contribution in [0.25, 0.3) is 0 Å². The van der Waals surface area contributed by atoms with Gasteiger partial charge in [-0.3, -0.25) is 0 Å². The van der Waals surface area contributed by atoms with Gasteiger partial charge in [0.05, 0.1) is 14.2 Å². The second-order valence-corrected chi connectivity index (χ2v) is 6.14. The highest BCUT2D eigenvalue weighted by molar-refractivity contribution is 9.10. The maximum Gasteiger partial charge on any atom is 0.235 e. The molecule has 0 aliphatic heterocycles. The molecule has 2 rings (SSSR count). The summed E-state index contributed by atoms with van der Waals surface area (Å²) in [5, 5.41) is 0. The number of nitrogens with zero attached hydrogens (tertiary/aromatic N) is 5. The molecule has 0 unspecified atom stereocenters. The first-order chi connectivity index (χ1) is 11.4. The Bertz CT molecular complexity index is 724. The zero-order valence-electron chi connectivity index (χ0n) is 14.8. The first-order valence-corrected chi connectivity index (χ1v) is 8.29. The number of hydrogen-bond acceptors (Lipinski definition) is 7. The molecule has 0 amide bonds. The normalized spacial score (nSPS) is 10.5. The highest BCUT2D eigenvalue weighted by atomic mass is 79.9. The molecule has 0 radical (unpaired) electrons. The van der Waals surface area contributed by atoms with Crippen molar-refractivity contribution in [3.63, 3.8) is 0 Å². The van der Waals surface area contributed by atoms with E-state index in [4.69, 9.17) is 9.47 Å². The summed E-state index contributed by atoms with van der Waals surface area (Å²) in [7, 11) is 7.05. The molecule has 24 heavy (non-hydrogen) atoms. The summed E-state index contributed by atoms with van der Waals surface area (Å²) >= 11 is 3.60. The van der Waals surface area contributed by atoms with Gasteiger partial charge in [-0.05, 0) is 35.8 Å². The molecule has 0 saturated heterocycles. The lowest BCUT2D eigenvalue weighted by Crippen LogP contribution is -2.23. The van der Waals surface area contributed by atoms with Crippen molar-refractivity contribution in [2.45, 2.75) is 13.8 Å². The van der Waals surface area contributed by atoms with E-state index in [1.54, 1.807) is 14.2 Å². The van der Waals surface area contributed by atoms with Crippen molar-refractivity contribution in [3.05, 3.63) is 22.4 Å². The van der Waals surface area contributed by atoms with Crippen LogP contribution < -0.4 is 19.3 Å². The summed E-state index contributed by atoms with van der Waals surface area (Å²) < 4.78 is 11.7. The minimum Gasteiger partial charge on any atom is -0.497 e. The predicted molar refractivity (Wildman–Crippen MR) is 98.8 cm³/mol. The molecule has 1 heterocycles. The van der Waals surface area contributed by atoms with Gasteiger partial charge in [-0.15, -0.1) is 0 Å². The molecule has 0 aliphatic carbocycles. The molecule has 0 spiro atoms. The predicted octanol–water partition coefficient (Wildman–Crippen LogP) is 3.18. The smallest absolute Gasteiger partial charge is 0.235 e. The van der Waals surface area contributed by atoms with E-state index in [1.165, 1.54) is 0 Å². The second kappa shape index (κ2) is 7.65. The van der Waals surface area contributed by atoms with Gasteiger partial charge in [0.15, 0.2) is 0 Å².